The zero-order valence-electron chi connectivity index (χ0n) is 15.9. The van der Waals surface area contributed by atoms with E-state index in [0.29, 0.717) is 38.3 Å². The van der Waals surface area contributed by atoms with E-state index in [1.807, 2.05) is 12.1 Å². The molecule has 0 unspecified atom stereocenters. The first kappa shape index (κ1) is 21.1. The molecule has 5 nitrogen and oxygen atoms in total. The Morgan fingerprint density at radius 1 is 0.963 bits per heavy atom. The lowest BCUT2D eigenvalue weighted by atomic mass is 10.0. The largest absolute Gasteiger partial charge is 0.352 e. The molecule has 0 aromatic heterocycles. The molecule has 0 saturated carbocycles. The maximum Gasteiger partial charge on any atom is 0.240 e. The van der Waals surface area contributed by atoms with Crippen LogP contribution in [0.15, 0.2) is 59.5 Å². The summed E-state index contributed by atoms with van der Waals surface area (Å²) in [7, 11) is -3.47. The van der Waals surface area contributed by atoms with Crippen LogP contribution in [0.2, 0.25) is 0 Å². The number of hydrogen-bond acceptors (Lipinski definition) is 3. The number of benzene rings is 2. The van der Waals surface area contributed by atoms with Gasteiger partial charge in [0.1, 0.15) is 0 Å². The fourth-order valence-electron chi connectivity index (χ4n) is 2.61. The highest BCUT2D eigenvalue weighted by atomic mass is 32.2. The van der Waals surface area contributed by atoms with Crippen LogP contribution in [0.5, 0.6) is 0 Å². The van der Waals surface area contributed by atoms with Crippen LogP contribution in [-0.2, 0) is 21.4 Å². The van der Waals surface area contributed by atoms with Crippen molar-refractivity contribution in [2.75, 3.05) is 6.54 Å². The molecule has 146 valence electrons. The standard InChI is InChI=1S/C21H28N2O3S/c1-17(2)19-13-11-18(12-14-19)16-22-21(24)10-6-7-15-23-27(25,26)20-8-4-3-5-9-20/h3-5,8-9,11-14,17,23H,6-7,10,15-16H2,1-2H3,(H,22,24). The molecule has 0 radical (unpaired) electrons. The fourth-order valence-corrected chi connectivity index (χ4v) is 3.70. The molecule has 0 saturated heterocycles. The van der Waals surface area contributed by atoms with Crippen molar-refractivity contribution in [3.05, 3.63) is 65.7 Å². The Labute approximate surface area is 162 Å². The van der Waals surface area contributed by atoms with Crippen LogP contribution in [0, 0.1) is 0 Å². The molecule has 6 heteroatoms. The van der Waals surface area contributed by atoms with Gasteiger partial charge in [-0.05, 0) is 42.0 Å². The van der Waals surface area contributed by atoms with Crippen molar-refractivity contribution in [2.45, 2.75) is 50.5 Å². The van der Waals surface area contributed by atoms with E-state index in [0.717, 1.165) is 5.56 Å². The normalized spacial score (nSPS) is 11.5. The summed E-state index contributed by atoms with van der Waals surface area (Å²) in [5.41, 5.74) is 2.35. The minimum atomic E-state index is -3.47. The summed E-state index contributed by atoms with van der Waals surface area (Å²) in [6.45, 7) is 5.13. The Kier molecular flexibility index (Phi) is 8.00. The van der Waals surface area contributed by atoms with Gasteiger partial charge in [0.2, 0.25) is 15.9 Å². The van der Waals surface area contributed by atoms with Gasteiger partial charge in [-0.3, -0.25) is 4.79 Å². The van der Waals surface area contributed by atoms with Crippen molar-refractivity contribution in [1.29, 1.82) is 0 Å². The summed E-state index contributed by atoms with van der Waals surface area (Å²) in [5.74, 6) is 0.474. The van der Waals surface area contributed by atoms with E-state index < -0.39 is 10.0 Å². The van der Waals surface area contributed by atoms with Crippen LogP contribution in [0.1, 0.15) is 50.2 Å². The smallest absolute Gasteiger partial charge is 0.240 e. The van der Waals surface area contributed by atoms with Crippen molar-refractivity contribution in [3.8, 4) is 0 Å². The maximum atomic E-state index is 12.1. The summed E-state index contributed by atoms with van der Waals surface area (Å²) in [4.78, 5) is 12.2. The first-order valence-corrected chi connectivity index (χ1v) is 10.8. The molecule has 0 heterocycles. The lowest BCUT2D eigenvalue weighted by Gasteiger charge is -2.09. The van der Waals surface area contributed by atoms with Crippen LogP contribution in [0.4, 0.5) is 0 Å². The monoisotopic (exact) mass is 388 g/mol. The zero-order chi connectivity index (χ0) is 19.7. The van der Waals surface area contributed by atoms with Gasteiger partial charge in [0.25, 0.3) is 0 Å². The third-order valence-electron chi connectivity index (χ3n) is 4.31. The van der Waals surface area contributed by atoms with Crippen LogP contribution in [-0.4, -0.2) is 20.9 Å². The fraction of sp³-hybridized carbons (Fsp3) is 0.381. The number of rotatable bonds is 10. The van der Waals surface area contributed by atoms with E-state index >= 15 is 0 Å². The number of carbonyl (C=O) groups excluding carboxylic acids is 1. The molecular weight excluding hydrogens is 360 g/mol. The van der Waals surface area contributed by atoms with Gasteiger partial charge in [0.05, 0.1) is 4.90 Å². The highest BCUT2D eigenvalue weighted by Gasteiger charge is 2.12. The van der Waals surface area contributed by atoms with Crippen LogP contribution in [0.25, 0.3) is 0 Å². The Bertz CT molecular complexity index is 816. The van der Waals surface area contributed by atoms with E-state index in [2.05, 4.69) is 36.0 Å². The maximum absolute atomic E-state index is 12.1. The zero-order valence-corrected chi connectivity index (χ0v) is 16.8. The minimum absolute atomic E-state index is 0.0196. The predicted octanol–water partition coefficient (Wildman–Crippen LogP) is 3.58. The molecule has 0 atom stereocenters. The van der Waals surface area contributed by atoms with Crippen LogP contribution < -0.4 is 10.0 Å². The molecule has 0 aliphatic heterocycles. The number of amides is 1. The van der Waals surface area contributed by atoms with Crippen molar-refractivity contribution in [1.82, 2.24) is 10.0 Å². The van der Waals surface area contributed by atoms with Gasteiger partial charge < -0.3 is 5.32 Å². The highest BCUT2D eigenvalue weighted by Crippen LogP contribution is 2.14. The second kappa shape index (κ2) is 10.2. The molecule has 2 N–H and O–H groups in total. The molecule has 2 aromatic carbocycles. The molecule has 0 bridgehead atoms. The SMILES string of the molecule is CC(C)c1ccc(CNC(=O)CCCCNS(=O)(=O)c2ccccc2)cc1. The Morgan fingerprint density at radius 2 is 1.63 bits per heavy atom. The predicted molar refractivity (Wildman–Crippen MR) is 108 cm³/mol. The minimum Gasteiger partial charge on any atom is -0.352 e. The molecule has 0 fully saturated rings. The number of sulfonamides is 1. The van der Waals surface area contributed by atoms with E-state index in [9.17, 15) is 13.2 Å². The average molecular weight is 389 g/mol. The molecule has 0 spiro atoms. The first-order valence-electron chi connectivity index (χ1n) is 9.29. The Balaban J connectivity index is 1.63. The van der Waals surface area contributed by atoms with Gasteiger partial charge in [-0.2, -0.15) is 0 Å². The second-order valence-corrected chi connectivity index (χ2v) is 8.61. The summed E-state index contributed by atoms with van der Waals surface area (Å²) in [5, 5.41) is 2.90. The molecule has 0 aliphatic carbocycles. The van der Waals surface area contributed by atoms with Crippen molar-refractivity contribution < 1.29 is 13.2 Å². The van der Waals surface area contributed by atoms with Crippen molar-refractivity contribution >= 4 is 15.9 Å². The van der Waals surface area contributed by atoms with E-state index in [1.54, 1.807) is 30.3 Å². The van der Waals surface area contributed by atoms with Crippen LogP contribution >= 0.6 is 0 Å². The topological polar surface area (TPSA) is 75.3 Å². The van der Waals surface area contributed by atoms with Crippen molar-refractivity contribution in [2.24, 2.45) is 0 Å². The van der Waals surface area contributed by atoms with E-state index in [1.165, 1.54) is 5.56 Å². The summed E-state index contributed by atoms with van der Waals surface area (Å²) in [6, 6.07) is 16.5. The van der Waals surface area contributed by atoms with Gasteiger partial charge in [-0.1, -0.05) is 56.3 Å². The molecule has 27 heavy (non-hydrogen) atoms. The highest BCUT2D eigenvalue weighted by molar-refractivity contribution is 7.89. The average Bonchev–Trinajstić information content (AvgIpc) is 2.67. The summed E-state index contributed by atoms with van der Waals surface area (Å²) < 4.78 is 26.7. The number of nitrogens with one attached hydrogen (secondary N) is 2. The van der Waals surface area contributed by atoms with E-state index in [-0.39, 0.29) is 10.8 Å². The number of hydrogen-bond donors (Lipinski definition) is 2. The van der Waals surface area contributed by atoms with E-state index in [4.69, 9.17) is 0 Å². The second-order valence-electron chi connectivity index (χ2n) is 6.84. The lowest BCUT2D eigenvalue weighted by molar-refractivity contribution is -0.121. The lowest BCUT2D eigenvalue weighted by Crippen LogP contribution is -2.25. The Morgan fingerprint density at radius 3 is 2.26 bits per heavy atom. The van der Waals surface area contributed by atoms with Gasteiger partial charge in [0.15, 0.2) is 0 Å². The third kappa shape index (κ3) is 7.15. The first-order chi connectivity index (χ1) is 12.9. The van der Waals surface area contributed by atoms with Gasteiger partial charge in [0, 0.05) is 19.5 Å². The van der Waals surface area contributed by atoms with Crippen molar-refractivity contribution in [3.63, 3.8) is 0 Å². The molecular formula is C21H28N2O3S. The molecule has 1 amide bonds. The van der Waals surface area contributed by atoms with Gasteiger partial charge in [-0.15, -0.1) is 0 Å². The molecule has 2 aromatic rings. The quantitative estimate of drug-likeness (QED) is 0.611. The summed E-state index contributed by atoms with van der Waals surface area (Å²) in [6.07, 6.45) is 1.63. The summed E-state index contributed by atoms with van der Waals surface area (Å²) >= 11 is 0. The van der Waals surface area contributed by atoms with Gasteiger partial charge >= 0.3 is 0 Å². The third-order valence-corrected chi connectivity index (χ3v) is 5.79. The Hall–Kier alpha value is -2.18. The molecule has 0 aliphatic rings. The van der Waals surface area contributed by atoms with Gasteiger partial charge in [-0.25, -0.2) is 13.1 Å². The number of unbranched alkanes of at least 4 members (excludes halogenated alkanes) is 1. The molecule has 2 rings (SSSR count). The number of carbonyl (C=O) groups is 1. The van der Waals surface area contributed by atoms with Crippen LogP contribution in [0.3, 0.4) is 0 Å².